The summed E-state index contributed by atoms with van der Waals surface area (Å²) in [6.07, 6.45) is -40.7. The standard InChI is InChI=1S/C34H58N2O24/c1-8-17(42)22(47)24(49)32(52-8)58-27-16(36-11(4)41)30(51)54-14(7-39)26(27)57-34-29(60-33-25(50)23(48)18(43)9(2)53-33)28(20(45)13(6-38)56-34)59-31-15(35-10(3)40)21(46)19(44)12(5-37)55-31/h8-9,12-34,37-39,42-51H,5-7H2,1-4H3,(H,35,40)(H,36,41)/t8-,9-,12+,13+,14+,15+,16+,17+,18+,19-,20-,21+,22+,23+,24-,25-,26+,27+,28-,29+,30?,31+,32-,33-,34-/m0/s1. The van der Waals surface area contributed by atoms with Gasteiger partial charge in [0, 0.05) is 13.8 Å². The van der Waals surface area contributed by atoms with E-state index in [2.05, 4.69) is 10.6 Å². The Morgan fingerprint density at radius 2 is 0.867 bits per heavy atom. The first kappa shape index (κ1) is 49.1. The van der Waals surface area contributed by atoms with Crippen LogP contribution in [0.1, 0.15) is 27.7 Å². The van der Waals surface area contributed by atoms with Gasteiger partial charge < -0.3 is 120 Å². The third-order valence-electron chi connectivity index (χ3n) is 11.0. The second-order valence-electron chi connectivity index (χ2n) is 15.4. The predicted molar refractivity (Wildman–Crippen MR) is 187 cm³/mol. The van der Waals surface area contributed by atoms with Crippen LogP contribution in [0.2, 0.25) is 0 Å². The fourth-order valence-corrected chi connectivity index (χ4v) is 7.69. The lowest BCUT2D eigenvalue weighted by Crippen LogP contribution is -2.71. The number of aliphatic hydroxyl groups excluding tert-OH is 13. The van der Waals surface area contributed by atoms with Gasteiger partial charge in [0.2, 0.25) is 11.8 Å². The number of carbonyl (C=O) groups is 2. The molecular formula is C34H58N2O24. The number of ether oxygens (including phenoxy) is 9. The summed E-state index contributed by atoms with van der Waals surface area (Å²) in [5, 5.41) is 144. The van der Waals surface area contributed by atoms with Crippen molar-refractivity contribution >= 4 is 11.8 Å². The summed E-state index contributed by atoms with van der Waals surface area (Å²) in [6, 6.07) is -3.24. The summed E-state index contributed by atoms with van der Waals surface area (Å²) < 4.78 is 53.1. The maximum Gasteiger partial charge on any atom is 0.217 e. The van der Waals surface area contributed by atoms with Crippen LogP contribution >= 0.6 is 0 Å². The third-order valence-corrected chi connectivity index (χ3v) is 11.0. The second-order valence-corrected chi connectivity index (χ2v) is 15.4. The molecule has 5 aliphatic heterocycles. The summed E-state index contributed by atoms with van der Waals surface area (Å²) in [7, 11) is 0. The Bertz CT molecular complexity index is 1410. The van der Waals surface area contributed by atoms with Crippen molar-refractivity contribution < 1.29 is 119 Å². The first-order valence-corrected chi connectivity index (χ1v) is 19.3. The van der Waals surface area contributed by atoms with Gasteiger partial charge in [0.05, 0.1) is 32.0 Å². The van der Waals surface area contributed by atoms with E-state index in [0.29, 0.717) is 0 Å². The highest BCUT2D eigenvalue weighted by Gasteiger charge is 2.58. The average molecular weight is 879 g/mol. The van der Waals surface area contributed by atoms with Gasteiger partial charge >= 0.3 is 0 Å². The van der Waals surface area contributed by atoms with E-state index in [9.17, 15) is 76.0 Å². The molecular weight excluding hydrogens is 820 g/mol. The Morgan fingerprint density at radius 1 is 0.433 bits per heavy atom. The Labute approximate surface area is 342 Å². The van der Waals surface area contributed by atoms with Crippen LogP contribution in [0.4, 0.5) is 0 Å². The first-order chi connectivity index (χ1) is 28.2. The molecule has 0 radical (unpaired) electrons. The lowest BCUT2D eigenvalue weighted by atomic mass is 9.93. The lowest BCUT2D eigenvalue weighted by Gasteiger charge is -2.52. The molecule has 26 nitrogen and oxygen atoms in total. The number of carbonyl (C=O) groups excluding carboxylic acids is 2. The summed E-state index contributed by atoms with van der Waals surface area (Å²) in [5.74, 6) is -1.51. The predicted octanol–water partition coefficient (Wildman–Crippen LogP) is -9.58. The maximum absolute atomic E-state index is 12.4. The van der Waals surface area contributed by atoms with Crippen molar-refractivity contribution in [2.45, 2.75) is 181 Å². The molecule has 0 aliphatic carbocycles. The van der Waals surface area contributed by atoms with Crippen LogP contribution in [-0.2, 0) is 52.2 Å². The zero-order chi connectivity index (χ0) is 44.5. The van der Waals surface area contributed by atoms with Crippen LogP contribution in [0.3, 0.4) is 0 Å². The number of nitrogens with one attached hydrogen (secondary N) is 2. The Kier molecular flexibility index (Phi) is 16.9. The van der Waals surface area contributed by atoms with E-state index < -0.39 is 185 Å². The van der Waals surface area contributed by atoms with Gasteiger partial charge in [-0.3, -0.25) is 9.59 Å². The topological polar surface area (TPSA) is 404 Å². The zero-order valence-electron chi connectivity index (χ0n) is 32.9. The molecule has 0 aromatic heterocycles. The molecule has 0 bridgehead atoms. The van der Waals surface area contributed by atoms with Crippen molar-refractivity contribution in [3.8, 4) is 0 Å². The number of hydrogen-bond acceptors (Lipinski definition) is 24. The highest BCUT2D eigenvalue weighted by Crippen LogP contribution is 2.37. The molecule has 26 heteroatoms. The van der Waals surface area contributed by atoms with E-state index in [-0.39, 0.29) is 0 Å². The van der Waals surface area contributed by atoms with E-state index in [1.165, 1.54) is 13.8 Å². The molecule has 0 saturated carbocycles. The molecule has 25 atom stereocenters. The number of aliphatic hydroxyl groups is 13. The Balaban J connectivity index is 1.59. The minimum atomic E-state index is -2.04. The monoisotopic (exact) mass is 878 g/mol. The van der Waals surface area contributed by atoms with E-state index in [4.69, 9.17) is 42.6 Å². The number of rotatable bonds is 13. The highest BCUT2D eigenvalue weighted by atomic mass is 16.8. The fraction of sp³-hybridized carbons (Fsp3) is 0.941. The summed E-state index contributed by atoms with van der Waals surface area (Å²) in [4.78, 5) is 24.6. The van der Waals surface area contributed by atoms with E-state index in [0.717, 1.165) is 13.8 Å². The van der Waals surface area contributed by atoms with E-state index in [1.807, 2.05) is 0 Å². The maximum atomic E-state index is 12.4. The lowest BCUT2D eigenvalue weighted by molar-refractivity contribution is -0.403. The Hall–Kier alpha value is -1.94. The van der Waals surface area contributed by atoms with Crippen LogP contribution in [0, 0.1) is 0 Å². The molecule has 5 rings (SSSR count). The molecule has 5 fully saturated rings. The van der Waals surface area contributed by atoms with Gasteiger partial charge in [0.15, 0.2) is 31.5 Å². The quantitative estimate of drug-likeness (QED) is 0.0817. The van der Waals surface area contributed by atoms with Crippen molar-refractivity contribution in [1.29, 1.82) is 0 Å². The molecule has 60 heavy (non-hydrogen) atoms. The molecule has 0 spiro atoms. The van der Waals surface area contributed by atoms with E-state index in [1.54, 1.807) is 0 Å². The van der Waals surface area contributed by atoms with Gasteiger partial charge in [-0.05, 0) is 13.8 Å². The van der Waals surface area contributed by atoms with Gasteiger partial charge in [-0.1, -0.05) is 0 Å². The molecule has 5 heterocycles. The van der Waals surface area contributed by atoms with Gasteiger partial charge in [-0.25, -0.2) is 0 Å². The van der Waals surface area contributed by atoms with Gasteiger partial charge in [0.25, 0.3) is 0 Å². The van der Waals surface area contributed by atoms with E-state index >= 15 is 0 Å². The van der Waals surface area contributed by atoms with Crippen LogP contribution in [0.15, 0.2) is 0 Å². The Morgan fingerprint density at radius 3 is 1.37 bits per heavy atom. The number of amides is 2. The minimum Gasteiger partial charge on any atom is -0.394 e. The SMILES string of the molecule is CC(=O)N[C@H]1[C@@H](O[C@H]2[C@@H](O)[C@@H](CO)O[C@@H](O[C@H]3[C@H](O[C@@H]4O[C@@H](C)[C@@H](O)[C@@H](O)[C@@H]4O)[C@@H](NC(C)=O)C(O)O[C@@H]3CO)[C@@H]2O[C@@H]2O[C@@H](C)[C@@H](O)[C@@H](O)[C@@H]2O)O[C@H](CO)[C@H](O)[C@@H]1O. The normalized spacial score (nSPS) is 50.2. The molecule has 5 aliphatic rings. The van der Waals surface area contributed by atoms with Crippen LogP contribution in [0.5, 0.6) is 0 Å². The summed E-state index contributed by atoms with van der Waals surface area (Å²) >= 11 is 0. The molecule has 0 aromatic carbocycles. The minimum absolute atomic E-state index is 0.751. The molecule has 2 amide bonds. The van der Waals surface area contributed by atoms with Crippen LogP contribution < -0.4 is 10.6 Å². The third kappa shape index (κ3) is 10.4. The van der Waals surface area contributed by atoms with Crippen molar-refractivity contribution in [2.24, 2.45) is 0 Å². The smallest absolute Gasteiger partial charge is 0.217 e. The molecule has 15 N–H and O–H groups in total. The molecule has 5 saturated heterocycles. The van der Waals surface area contributed by atoms with Gasteiger partial charge in [0.1, 0.15) is 110 Å². The summed E-state index contributed by atoms with van der Waals surface area (Å²) in [5.41, 5.74) is 0. The van der Waals surface area contributed by atoms with Crippen LogP contribution in [0.25, 0.3) is 0 Å². The number of hydrogen-bond donors (Lipinski definition) is 15. The van der Waals surface area contributed by atoms with Gasteiger partial charge in [-0.2, -0.15) is 0 Å². The van der Waals surface area contributed by atoms with Crippen molar-refractivity contribution in [2.75, 3.05) is 19.8 Å². The largest absolute Gasteiger partial charge is 0.394 e. The van der Waals surface area contributed by atoms with Crippen molar-refractivity contribution in [1.82, 2.24) is 10.6 Å². The average Bonchev–Trinajstić information content (AvgIpc) is 3.20. The van der Waals surface area contributed by atoms with Gasteiger partial charge in [-0.15, -0.1) is 0 Å². The first-order valence-electron chi connectivity index (χ1n) is 19.3. The molecule has 1 unspecified atom stereocenters. The molecule has 348 valence electrons. The summed E-state index contributed by atoms with van der Waals surface area (Å²) in [6.45, 7) is 1.96. The van der Waals surface area contributed by atoms with Crippen molar-refractivity contribution in [3.63, 3.8) is 0 Å². The van der Waals surface area contributed by atoms with Crippen molar-refractivity contribution in [3.05, 3.63) is 0 Å². The fourth-order valence-electron chi connectivity index (χ4n) is 7.69. The zero-order valence-corrected chi connectivity index (χ0v) is 32.9. The second kappa shape index (κ2) is 20.7. The molecule has 0 aromatic rings. The van der Waals surface area contributed by atoms with Crippen LogP contribution in [-0.4, -0.2) is 251 Å². The highest BCUT2D eigenvalue weighted by molar-refractivity contribution is 5.73.